The number of carbonyl (C=O) groups excluding carboxylic acids is 2. The van der Waals surface area contributed by atoms with Gasteiger partial charge in [-0.15, -0.1) is 0 Å². The third-order valence-electron chi connectivity index (χ3n) is 4.38. The van der Waals surface area contributed by atoms with Crippen LogP contribution in [-0.4, -0.2) is 49.7 Å². The van der Waals surface area contributed by atoms with E-state index in [1.807, 2.05) is 0 Å². The van der Waals surface area contributed by atoms with Gasteiger partial charge >= 0.3 is 11.8 Å². The summed E-state index contributed by atoms with van der Waals surface area (Å²) in [7, 11) is -3.63. The van der Waals surface area contributed by atoms with E-state index in [9.17, 15) is 18.0 Å². The summed E-state index contributed by atoms with van der Waals surface area (Å²) in [5, 5.41) is 5.56. The van der Waals surface area contributed by atoms with E-state index in [0.29, 0.717) is 18.0 Å². The number of benzene rings is 1. The molecule has 0 spiro atoms. The van der Waals surface area contributed by atoms with E-state index in [-0.39, 0.29) is 23.5 Å². The number of hydrogen-bond donors (Lipinski definition) is 2. The lowest BCUT2D eigenvalue weighted by atomic mass is 10.0. The predicted molar refractivity (Wildman–Crippen MR) is 104 cm³/mol. The zero-order chi connectivity index (χ0) is 20.0. The van der Waals surface area contributed by atoms with Gasteiger partial charge in [-0.25, -0.2) is 8.42 Å². The van der Waals surface area contributed by atoms with Crippen molar-refractivity contribution in [1.29, 1.82) is 0 Å². The van der Waals surface area contributed by atoms with Gasteiger partial charge in [0, 0.05) is 30.2 Å². The number of rotatable bonds is 6. The van der Waals surface area contributed by atoms with Crippen molar-refractivity contribution in [2.75, 3.05) is 13.1 Å². The summed E-state index contributed by atoms with van der Waals surface area (Å²) in [5.74, 6) is -1.38. The Morgan fingerprint density at radius 1 is 1.19 bits per heavy atom. The molecule has 0 unspecified atom stereocenters. The van der Waals surface area contributed by atoms with Crippen molar-refractivity contribution in [3.63, 3.8) is 0 Å². The summed E-state index contributed by atoms with van der Waals surface area (Å²) in [6, 6.07) is 5.78. The molecule has 1 aliphatic heterocycles. The first-order valence-corrected chi connectivity index (χ1v) is 10.9. The van der Waals surface area contributed by atoms with Gasteiger partial charge in [0.05, 0.1) is 4.90 Å². The Morgan fingerprint density at radius 3 is 2.48 bits per heavy atom. The molecule has 2 N–H and O–H groups in total. The summed E-state index contributed by atoms with van der Waals surface area (Å²) in [6.45, 7) is 4.22. The number of piperidine rings is 1. The van der Waals surface area contributed by atoms with Gasteiger partial charge in [0.15, 0.2) is 0 Å². The second-order valence-corrected chi connectivity index (χ2v) is 9.22. The molecule has 1 atom stereocenters. The maximum atomic E-state index is 13.0. The fraction of sp³-hybridized carbons (Fsp3) is 0.556. The van der Waals surface area contributed by atoms with Gasteiger partial charge in [0.2, 0.25) is 10.0 Å². The molecule has 1 aromatic rings. The van der Waals surface area contributed by atoms with E-state index in [0.717, 1.165) is 19.3 Å². The van der Waals surface area contributed by atoms with Crippen LogP contribution in [0.2, 0.25) is 5.02 Å². The third-order valence-corrected chi connectivity index (χ3v) is 6.60. The summed E-state index contributed by atoms with van der Waals surface area (Å²) >= 11 is 5.85. The van der Waals surface area contributed by atoms with E-state index in [4.69, 9.17) is 11.6 Å². The SMILES string of the molecule is CC(C)NC(=O)C(=O)NCC[C@H]1CCCCN1S(=O)(=O)c1ccc(Cl)cc1. The van der Waals surface area contributed by atoms with Crippen molar-refractivity contribution in [3.8, 4) is 0 Å². The lowest BCUT2D eigenvalue weighted by Crippen LogP contribution is -2.47. The molecular weight excluding hydrogens is 390 g/mol. The molecule has 0 bridgehead atoms. The largest absolute Gasteiger partial charge is 0.348 e. The first-order valence-electron chi connectivity index (χ1n) is 9.08. The predicted octanol–water partition coefficient (Wildman–Crippen LogP) is 1.91. The number of sulfonamides is 1. The zero-order valence-corrected chi connectivity index (χ0v) is 17.1. The third kappa shape index (κ3) is 5.92. The maximum absolute atomic E-state index is 13.0. The quantitative estimate of drug-likeness (QED) is 0.694. The summed E-state index contributed by atoms with van der Waals surface area (Å²) in [6.07, 6.45) is 2.90. The van der Waals surface area contributed by atoms with Crippen molar-refractivity contribution < 1.29 is 18.0 Å². The Labute approximate surface area is 165 Å². The fourth-order valence-corrected chi connectivity index (χ4v) is 4.93. The minimum absolute atomic E-state index is 0.124. The summed E-state index contributed by atoms with van der Waals surface area (Å²) < 4.78 is 27.4. The van der Waals surface area contributed by atoms with Gasteiger partial charge in [-0.1, -0.05) is 18.0 Å². The molecule has 27 heavy (non-hydrogen) atoms. The van der Waals surface area contributed by atoms with Crippen molar-refractivity contribution >= 4 is 33.4 Å². The molecule has 1 saturated heterocycles. The summed E-state index contributed by atoms with van der Waals surface area (Å²) in [5.41, 5.74) is 0. The molecule has 2 rings (SSSR count). The van der Waals surface area contributed by atoms with Gasteiger partial charge in [-0.3, -0.25) is 9.59 Å². The monoisotopic (exact) mass is 415 g/mol. The molecule has 1 aromatic carbocycles. The summed E-state index contributed by atoms with van der Waals surface area (Å²) in [4.78, 5) is 23.6. The number of amides is 2. The Bertz CT molecular complexity index is 765. The number of halogens is 1. The number of hydrogen-bond acceptors (Lipinski definition) is 4. The Kier molecular flexibility index (Phi) is 7.64. The van der Waals surface area contributed by atoms with Crippen LogP contribution < -0.4 is 10.6 Å². The van der Waals surface area contributed by atoms with Gasteiger partial charge in [-0.05, 0) is 57.4 Å². The van der Waals surface area contributed by atoms with Crippen LogP contribution in [0, 0.1) is 0 Å². The van der Waals surface area contributed by atoms with Gasteiger partial charge in [0.25, 0.3) is 0 Å². The molecular formula is C18H26ClN3O4S. The molecule has 0 radical (unpaired) electrons. The van der Waals surface area contributed by atoms with Crippen LogP contribution >= 0.6 is 11.6 Å². The fourth-order valence-electron chi connectivity index (χ4n) is 3.08. The van der Waals surface area contributed by atoms with E-state index >= 15 is 0 Å². The highest BCUT2D eigenvalue weighted by molar-refractivity contribution is 7.89. The molecule has 9 heteroatoms. The normalized spacial score (nSPS) is 18.3. The van der Waals surface area contributed by atoms with Gasteiger partial charge in [-0.2, -0.15) is 4.31 Å². The number of nitrogens with one attached hydrogen (secondary N) is 2. The highest BCUT2D eigenvalue weighted by Gasteiger charge is 2.33. The Hall–Kier alpha value is -1.64. The second kappa shape index (κ2) is 9.52. The average molecular weight is 416 g/mol. The lowest BCUT2D eigenvalue weighted by molar-refractivity contribution is -0.139. The number of carbonyl (C=O) groups is 2. The molecule has 1 fully saturated rings. The number of nitrogens with zero attached hydrogens (tertiary/aromatic N) is 1. The smallest absolute Gasteiger partial charge is 0.309 e. The van der Waals surface area contributed by atoms with Crippen molar-refractivity contribution in [2.45, 2.75) is 56.5 Å². The standard InChI is InChI=1S/C18H26ClN3O4S/c1-13(2)21-18(24)17(23)20-11-10-15-5-3-4-12-22(15)27(25,26)16-8-6-14(19)7-9-16/h6-9,13,15H,3-5,10-12H2,1-2H3,(H,20,23)(H,21,24)/t15-/m1/s1. The zero-order valence-electron chi connectivity index (χ0n) is 15.6. The molecule has 0 aromatic heterocycles. The minimum atomic E-state index is -3.63. The van der Waals surface area contributed by atoms with E-state index in [1.54, 1.807) is 26.0 Å². The van der Waals surface area contributed by atoms with E-state index in [1.165, 1.54) is 16.4 Å². The van der Waals surface area contributed by atoms with Crippen LogP contribution in [0.3, 0.4) is 0 Å². The van der Waals surface area contributed by atoms with Crippen molar-refractivity contribution in [3.05, 3.63) is 29.3 Å². The van der Waals surface area contributed by atoms with Crippen LogP contribution in [0.5, 0.6) is 0 Å². The van der Waals surface area contributed by atoms with Crippen LogP contribution in [-0.2, 0) is 19.6 Å². The molecule has 1 heterocycles. The van der Waals surface area contributed by atoms with Crippen molar-refractivity contribution in [2.24, 2.45) is 0 Å². The van der Waals surface area contributed by atoms with E-state index in [2.05, 4.69) is 10.6 Å². The lowest BCUT2D eigenvalue weighted by Gasteiger charge is -2.34. The topological polar surface area (TPSA) is 95.6 Å². The van der Waals surface area contributed by atoms with Gasteiger partial charge < -0.3 is 10.6 Å². The van der Waals surface area contributed by atoms with Crippen LogP contribution in [0.25, 0.3) is 0 Å². The molecule has 2 amide bonds. The Morgan fingerprint density at radius 2 is 1.85 bits per heavy atom. The molecule has 0 aliphatic carbocycles. The highest BCUT2D eigenvalue weighted by atomic mass is 35.5. The van der Waals surface area contributed by atoms with Crippen LogP contribution in [0.1, 0.15) is 39.5 Å². The van der Waals surface area contributed by atoms with Crippen LogP contribution in [0.4, 0.5) is 0 Å². The minimum Gasteiger partial charge on any atom is -0.348 e. The first kappa shape index (κ1) is 21.7. The first-order chi connectivity index (χ1) is 12.7. The van der Waals surface area contributed by atoms with E-state index < -0.39 is 21.8 Å². The molecule has 1 aliphatic rings. The second-order valence-electron chi connectivity index (χ2n) is 6.89. The van der Waals surface area contributed by atoms with Gasteiger partial charge in [0.1, 0.15) is 0 Å². The molecule has 150 valence electrons. The average Bonchev–Trinajstić information content (AvgIpc) is 2.61. The highest BCUT2D eigenvalue weighted by Crippen LogP contribution is 2.27. The molecule has 7 nitrogen and oxygen atoms in total. The Balaban J connectivity index is 1.99. The van der Waals surface area contributed by atoms with Crippen molar-refractivity contribution in [1.82, 2.24) is 14.9 Å². The van der Waals surface area contributed by atoms with Crippen LogP contribution in [0.15, 0.2) is 29.2 Å². The molecule has 0 saturated carbocycles. The maximum Gasteiger partial charge on any atom is 0.309 e.